The predicted molar refractivity (Wildman–Crippen MR) is 94.9 cm³/mol. The lowest BCUT2D eigenvalue weighted by Gasteiger charge is -2.01. The Morgan fingerprint density at radius 3 is 2.50 bits per heavy atom. The van der Waals surface area contributed by atoms with Gasteiger partial charge in [-0.25, -0.2) is 0 Å². The maximum absolute atomic E-state index is 12.3. The third kappa shape index (κ3) is 7.84. The number of carbonyl (C=O) groups excluding carboxylic acids is 1. The molecule has 1 nitrogen and oxygen atoms in total. The SMILES string of the molecule is CCC/C=C(\C#CCCCCCC)CC(=O)c1ccccc1. The monoisotopic (exact) mass is 296 g/mol. The average Bonchev–Trinajstić information content (AvgIpc) is 2.56. The molecule has 0 saturated heterocycles. The molecular weight excluding hydrogens is 268 g/mol. The van der Waals surface area contributed by atoms with E-state index in [0.717, 1.165) is 36.8 Å². The molecule has 1 rings (SSSR count). The molecule has 0 amide bonds. The van der Waals surface area contributed by atoms with Crippen molar-refractivity contribution < 1.29 is 4.79 Å². The van der Waals surface area contributed by atoms with Crippen molar-refractivity contribution in [1.82, 2.24) is 0 Å². The molecule has 0 aliphatic carbocycles. The third-order valence-electron chi connectivity index (χ3n) is 3.53. The van der Waals surface area contributed by atoms with Crippen LogP contribution in [0.4, 0.5) is 0 Å². The lowest BCUT2D eigenvalue weighted by atomic mass is 10.0. The summed E-state index contributed by atoms with van der Waals surface area (Å²) in [4.78, 5) is 12.3. The first kappa shape index (κ1) is 18.2. The fourth-order valence-corrected chi connectivity index (χ4v) is 2.20. The van der Waals surface area contributed by atoms with Crippen LogP contribution >= 0.6 is 0 Å². The molecule has 118 valence electrons. The third-order valence-corrected chi connectivity index (χ3v) is 3.53. The molecule has 22 heavy (non-hydrogen) atoms. The van der Waals surface area contributed by atoms with Crippen LogP contribution in [0.2, 0.25) is 0 Å². The Bertz CT molecular complexity index is 514. The van der Waals surface area contributed by atoms with E-state index < -0.39 is 0 Å². The molecule has 1 heteroatoms. The predicted octanol–water partition coefficient (Wildman–Crippen LogP) is 5.96. The minimum atomic E-state index is 0.156. The molecule has 0 spiro atoms. The number of ketones is 1. The quantitative estimate of drug-likeness (QED) is 0.312. The van der Waals surface area contributed by atoms with E-state index in [9.17, 15) is 4.79 Å². The van der Waals surface area contributed by atoms with Crippen molar-refractivity contribution in [3.8, 4) is 11.8 Å². The fraction of sp³-hybridized carbons (Fsp3) is 0.476. The number of rotatable bonds is 9. The molecule has 1 aromatic rings. The van der Waals surface area contributed by atoms with Crippen molar-refractivity contribution >= 4 is 5.78 Å². The van der Waals surface area contributed by atoms with Crippen LogP contribution in [0, 0.1) is 11.8 Å². The van der Waals surface area contributed by atoms with Gasteiger partial charge in [0.2, 0.25) is 0 Å². The maximum atomic E-state index is 12.3. The van der Waals surface area contributed by atoms with Gasteiger partial charge in [-0.1, -0.05) is 87.8 Å². The highest BCUT2D eigenvalue weighted by Gasteiger charge is 2.06. The molecule has 0 bridgehead atoms. The number of Topliss-reactive ketones (excluding diaryl/α,β-unsaturated/α-hetero) is 1. The molecule has 0 aliphatic rings. The van der Waals surface area contributed by atoms with Gasteiger partial charge >= 0.3 is 0 Å². The standard InChI is InChI=1S/C21H28O/c1-3-5-7-8-9-11-15-19(14-6-4-2)18-21(22)20-16-12-10-13-17-20/h10,12-14,16-17H,3-9,18H2,1-2H3/b19-14+. The van der Waals surface area contributed by atoms with E-state index in [1.54, 1.807) is 0 Å². The van der Waals surface area contributed by atoms with E-state index in [1.807, 2.05) is 30.3 Å². The van der Waals surface area contributed by atoms with E-state index in [1.165, 1.54) is 19.3 Å². The summed E-state index contributed by atoms with van der Waals surface area (Å²) < 4.78 is 0. The topological polar surface area (TPSA) is 17.1 Å². The van der Waals surface area contributed by atoms with Crippen LogP contribution in [-0.2, 0) is 0 Å². The average molecular weight is 296 g/mol. The Labute approximate surface area is 135 Å². The van der Waals surface area contributed by atoms with Gasteiger partial charge in [0, 0.05) is 24.0 Å². The van der Waals surface area contributed by atoms with E-state index in [-0.39, 0.29) is 5.78 Å². The first-order valence-corrected chi connectivity index (χ1v) is 8.54. The molecule has 1 aromatic carbocycles. The molecule has 0 heterocycles. The summed E-state index contributed by atoms with van der Waals surface area (Å²) in [6, 6.07) is 9.49. The zero-order chi connectivity index (χ0) is 16.0. The molecule has 0 unspecified atom stereocenters. The zero-order valence-electron chi connectivity index (χ0n) is 14.0. The Balaban J connectivity index is 2.58. The lowest BCUT2D eigenvalue weighted by Crippen LogP contribution is -2.00. The van der Waals surface area contributed by atoms with Crippen molar-refractivity contribution in [1.29, 1.82) is 0 Å². The van der Waals surface area contributed by atoms with Crippen LogP contribution in [0.5, 0.6) is 0 Å². The molecular formula is C21H28O. The fourth-order valence-electron chi connectivity index (χ4n) is 2.20. The largest absolute Gasteiger partial charge is 0.294 e. The second kappa shape index (κ2) is 11.8. The van der Waals surface area contributed by atoms with Crippen molar-refractivity contribution in [3.05, 3.63) is 47.5 Å². The van der Waals surface area contributed by atoms with Gasteiger partial charge < -0.3 is 0 Å². The second-order valence-electron chi connectivity index (χ2n) is 5.60. The molecule has 0 aliphatic heterocycles. The first-order valence-electron chi connectivity index (χ1n) is 8.54. The van der Waals surface area contributed by atoms with E-state index >= 15 is 0 Å². The van der Waals surface area contributed by atoms with Gasteiger partial charge in [-0.3, -0.25) is 4.79 Å². The molecule has 0 N–H and O–H groups in total. The number of hydrogen-bond acceptors (Lipinski definition) is 1. The van der Waals surface area contributed by atoms with Crippen LogP contribution in [0.15, 0.2) is 42.0 Å². The van der Waals surface area contributed by atoms with E-state index in [2.05, 4.69) is 31.8 Å². The smallest absolute Gasteiger partial charge is 0.167 e. The Hall–Kier alpha value is -1.81. The summed E-state index contributed by atoms with van der Waals surface area (Å²) in [7, 11) is 0. The summed E-state index contributed by atoms with van der Waals surface area (Å²) in [5, 5.41) is 0. The molecule has 0 saturated carbocycles. The number of unbranched alkanes of at least 4 members (excludes halogenated alkanes) is 5. The highest BCUT2D eigenvalue weighted by Crippen LogP contribution is 2.11. The Morgan fingerprint density at radius 2 is 1.82 bits per heavy atom. The number of allylic oxidation sites excluding steroid dienone is 2. The van der Waals surface area contributed by atoms with Crippen LogP contribution in [0.3, 0.4) is 0 Å². The molecule has 0 atom stereocenters. The van der Waals surface area contributed by atoms with Gasteiger partial charge in [0.15, 0.2) is 5.78 Å². The molecule has 0 aromatic heterocycles. The number of benzene rings is 1. The van der Waals surface area contributed by atoms with E-state index in [0.29, 0.717) is 6.42 Å². The normalized spacial score (nSPS) is 10.9. The van der Waals surface area contributed by atoms with Crippen LogP contribution < -0.4 is 0 Å². The lowest BCUT2D eigenvalue weighted by molar-refractivity contribution is 0.0994. The van der Waals surface area contributed by atoms with Gasteiger partial charge in [0.05, 0.1) is 0 Å². The van der Waals surface area contributed by atoms with Crippen molar-refractivity contribution in [2.24, 2.45) is 0 Å². The zero-order valence-corrected chi connectivity index (χ0v) is 14.0. The summed E-state index contributed by atoms with van der Waals surface area (Å²) in [5.74, 6) is 6.62. The van der Waals surface area contributed by atoms with Gasteiger partial charge in [-0.15, -0.1) is 0 Å². The highest BCUT2D eigenvalue weighted by atomic mass is 16.1. The summed E-state index contributed by atoms with van der Waals surface area (Å²) in [5.41, 5.74) is 1.75. The first-order chi connectivity index (χ1) is 10.8. The van der Waals surface area contributed by atoms with Crippen molar-refractivity contribution in [2.45, 2.75) is 65.2 Å². The highest BCUT2D eigenvalue weighted by molar-refractivity contribution is 5.98. The summed E-state index contributed by atoms with van der Waals surface area (Å²) in [6.07, 6.45) is 10.5. The minimum absolute atomic E-state index is 0.156. The van der Waals surface area contributed by atoms with Gasteiger partial charge in [0.1, 0.15) is 0 Å². The van der Waals surface area contributed by atoms with E-state index in [4.69, 9.17) is 0 Å². The second-order valence-corrected chi connectivity index (χ2v) is 5.60. The van der Waals surface area contributed by atoms with Gasteiger partial charge in [0.25, 0.3) is 0 Å². The van der Waals surface area contributed by atoms with Crippen LogP contribution in [-0.4, -0.2) is 5.78 Å². The Morgan fingerprint density at radius 1 is 1.05 bits per heavy atom. The maximum Gasteiger partial charge on any atom is 0.167 e. The van der Waals surface area contributed by atoms with Gasteiger partial charge in [-0.2, -0.15) is 0 Å². The summed E-state index contributed by atoms with van der Waals surface area (Å²) in [6.45, 7) is 4.36. The van der Waals surface area contributed by atoms with Crippen LogP contribution in [0.25, 0.3) is 0 Å². The van der Waals surface area contributed by atoms with Gasteiger partial charge in [-0.05, 0) is 12.8 Å². The summed E-state index contributed by atoms with van der Waals surface area (Å²) >= 11 is 0. The molecule has 0 fully saturated rings. The van der Waals surface area contributed by atoms with Crippen molar-refractivity contribution in [2.75, 3.05) is 0 Å². The Kier molecular flexibility index (Phi) is 9.79. The van der Waals surface area contributed by atoms with Crippen molar-refractivity contribution in [3.63, 3.8) is 0 Å². The number of carbonyl (C=O) groups is 1. The van der Waals surface area contributed by atoms with Crippen LogP contribution in [0.1, 0.15) is 75.6 Å². The minimum Gasteiger partial charge on any atom is -0.294 e. The molecule has 0 radical (unpaired) electrons. The number of hydrogen-bond donors (Lipinski definition) is 0.